The number of amides is 2. The summed E-state index contributed by atoms with van der Waals surface area (Å²) in [6.45, 7) is -0.187. The normalized spacial score (nSPS) is 16.7. The third kappa shape index (κ3) is 2.86. The molecule has 2 heterocycles. The molecule has 0 aliphatic carbocycles. The molecule has 0 saturated carbocycles. The fraction of sp³-hybridized carbons (Fsp3) is 0.214. The number of hydrogen-bond donors (Lipinski definition) is 3. The van der Waals surface area contributed by atoms with Crippen LogP contribution in [0, 0.1) is 0 Å². The highest BCUT2D eigenvalue weighted by atomic mass is 32.1. The zero-order valence-electron chi connectivity index (χ0n) is 11.5. The molecule has 1 aliphatic rings. The Hall–Kier alpha value is -2.61. The van der Waals surface area contributed by atoms with Crippen molar-refractivity contribution >= 4 is 34.1 Å². The second-order valence-electron chi connectivity index (χ2n) is 4.90. The van der Waals surface area contributed by atoms with Crippen LogP contribution in [0.5, 0.6) is 5.75 Å². The van der Waals surface area contributed by atoms with Crippen LogP contribution in [-0.2, 0) is 9.59 Å². The topological polar surface area (TPSA) is 120 Å². The van der Waals surface area contributed by atoms with Gasteiger partial charge in [-0.15, -0.1) is 0 Å². The van der Waals surface area contributed by atoms with Gasteiger partial charge in [0, 0.05) is 12.3 Å². The minimum Gasteiger partial charge on any atom is -0.484 e. The van der Waals surface area contributed by atoms with Gasteiger partial charge in [0.15, 0.2) is 11.7 Å². The summed E-state index contributed by atoms with van der Waals surface area (Å²) < 4.78 is 5.31. The van der Waals surface area contributed by atoms with Crippen LogP contribution in [0.25, 0.3) is 0 Å². The van der Waals surface area contributed by atoms with Crippen LogP contribution in [0.4, 0.5) is 10.9 Å². The maximum Gasteiger partial charge on any atom is 0.255 e. The van der Waals surface area contributed by atoms with Crippen molar-refractivity contribution in [2.24, 2.45) is 5.73 Å². The van der Waals surface area contributed by atoms with E-state index in [1.807, 2.05) is 12.1 Å². The van der Waals surface area contributed by atoms with Gasteiger partial charge >= 0.3 is 0 Å². The molecule has 1 aromatic heterocycles. The molecule has 1 atom stereocenters. The van der Waals surface area contributed by atoms with E-state index in [-0.39, 0.29) is 18.4 Å². The van der Waals surface area contributed by atoms with E-state index in [4.69, 9.17) is 16.2 Å². The maximum atomic E-state index is 11.8. The van der Waals surface area contributed by atoms with Gasteiger partial charge in [0.2, 0.25) is 5.91 Å². The molecule has 1 aliphatic heterocycles. The quantitative estimate of drug-likeness (QED) is 0.778. The van der Waals surface area contributed by atoms with Crippen molar-refractivity contribution < 1.29 is 14.3 Å². The molecular weight excluding hydrogens is 304 g/mol. The second-order valence-corrected chi connectivity index (χ2v) is 5.96. The first-order chi connectivity index (χ1) is 10.5. The number of rotatable bonds is 4. The first-order valence-corrected chi connectivity index (χ1v) is 7.41. The van der Waals surface area contributed by atoms with Crippen LogP contribution in [0.1, 0.15) is 22.8 Å². The molecule has 3 rings (SSSR count). The first-order valence-electron chi connectivity index (χ1n) is 6.60. The van der Waals surface area contributed by atoms with E-state index in [1.54, 1.807) is 12.1 Å². The number of fused-ring (bicyclic) bond motifs is 1. The monoisotopic (exact) mass is 318 g/mol. The summed E-state index contributed by atoms with van der Waals surface area (Å²) in [6, 6.07) is 7.24. The Balaban J connectivity index is 1.92. The highest BCUT2D eigenvalue weighted by Crippen LogP contribution is 2.41. The lowest BCUT2D eigenvalue weighted by Crippen LogP contribution is -2.23. The molecule has 7 nitrogen and oxygen atoms in total. The Morgan fingerprint density at radius 1 is 1.50 bits per heavy atom. The molecule has 1 aromatic carbocycles. The van der Waals surface area contributed by atoms with Crippen molar-refractivity contribution in [2.45, 2.75) is 12.3 Å². The van der Waals surface area contributed by atoms with Gasteiger partial charge in [0.05, 0.1) is 4.88 Å². The van der Waals surface area contributed by atoms with Crippen LogP contribution in [0.2, 0.25) is 0 Å². The van der Waals surface area contributed by atoms with Crippen LogP contribution in [-0.4, -0.2) is 23.4 Å². The molecule has 2 aromatic rings. The van der Waals surface area contributed by atoms with Gasteiger partial charge in [-0.25, -0.2) is 4.98 Å². The molecular formula is C14H14N4O3S. The van der Waals surface area contributed by atoms with E-state index >= 15 is 0 Å². The average Bonchev–Trinajstić information content (AvgIpc) is 2.84. The predicted octanol–water partition coefficient (Wildman–Crippen LogP) is 1.06. The third-order valence-electron chi connectivity index (χ3n) is 3.28. The van der Waals surface area contributed by atoms with Crippen molar-refractivity contribution in [1.29, 1.82) is 0 Å². The minimum absolute atomic E-state index is 0.105. The summed E-state index contributed by atoms with van der Waals surface area (Å²) in [5.41, 5.74) is 11.7. The second kappa shape index (κ2) is 5.64. The van der Waals surface area contributed by atoms with Crippen LogP contribution < -0.4 is 21.5 Å². The highest BCUT2D eigenvalue weighted by molar-refractivity contribution is 7.16. The summed E-state index contributed by atoms with van der Waals surface area (Å²) in [5.74, 6) is 0.274. The molecule has 0 bridgehead atoms. The van der Waals surface area contributed by atoms with Crippen LogP contribution >= 0.6 is 11.3 Å². The van der Waals surface area contributed by atoms with Gasteiger partial charge in [-0.05, 0) is 17.7 Å². The highest BCUT2D eigenvalue weighted by Gasteiger charge is 2.30. The van der Waals surface area contributed by atoms with Crippen LogP contribution in [0.3, 0.4) is 0 Å². The van der Waals surface area contributed by atoms with Crippen LogP contribution in [0.15, 0.2) is 24.3 Å². The number of primary amides is 1. The lowest BCUT2D eigenvalue weighted by molar-refractivity contribution is -0.120. The number of nitrogens with two attached hydrogens (primary N) is 2. The molecule has 0 radical (unpaired) electrons. The van der Waals surface area contributed by atoms with E-state index in [9.17, 15) is 9.59 Å². The predicted molar refractivity (Wildman–Crippen MR) is 82.7 cm³/mol. The molecule has 5 N–H and O–H groups in total. The Kier molecular flexibility index (Phi) is 3.68. The van der Waals surface area contributed by atoms with Gasteiger partial charge in [0.1, 0.15) is 11.6 Å². The molecule has 0 fully saturated rings. The third-order valence-corrected chi connectivity index (χ3v) is 4.27. The van der Waals surface area contributed by atoms with E-state index in [0.717, 1.165) is 10.4 Å². The fourth-order valence-corrected chi connectivity index (χ4v) is 3.30. The van der Waals surface area contributed by atoms with Gasteiger partial charge in [-0.2, -0.15) is 0 Å². The Bertz CT molecular complexity index is 743. The number of thiazole rings is 1. The van der Waals surface area contributed by atoms with Crippen molar-refractivity contribution in [3.8, 4) is 5.75 Å². The molecule has 114 valence electrons. The number of ether oxygens (including phenoxy) is 1. The first kappa shape index (κ1) is 14.3. The molecule has 22 heavy (non-hydrogen) atoms. The molecule has 8 heteroatoms. The molecule has 2 amide bonds. The van der Waals surface area contributed by atoms with E-state index in [0.29, 0.717) is 23.1 Å². The minimum atomic E-state index is -0.542. The molecule has 0 unspecified atom stereocenters. The summed E-state index contributed by atoms with van der Waals surface area (Å²) in [7, 11) is 0. The van der Waals surface area contributed by atoms with Gasteiger partial charge in [0.25, 0.3) is 5.91 Å². The Labute approximate surface area is 130 Å². The number of hydrogen-bond acceptors (Lipinski definition) is 6. The number of nitrogen functional groups attached to an aromatic ring is 1. The van der Waals surface area contributed by atoms with Gasteiger partial charge in [-0.3, -0.25) is 9.59 Å². The number of nitrogens with one attached hydrogen (secondary N) is 1. The summed E-state index contributed by atoms with van der Waals surface area (Å²) in [4.78, 5) is 27.7. The van der Waals surface area contributed by atoms with Gasteiger partial charge < -0.3 is 21.5 Å². The van der Waals surface area contributed by atoms with E-state index in [2.05, 4.69) is 10.3 Å². The smallest absolute Gasteiger partial charge is 0.255 e. The number of nitrogens with zero attached hydrogens (tertiary/aromatic N) is 1. The van der Waals surface area contributed by atoms with Crippen molar-refractivity contribution in [3.63, 3.8) is 0 Å². The summed E-state index contributed by atoms with van der Waals surface area (Å²) >= 11 is 1.36. The standard InChI is InChI=1S/C14H14N4O3S/c15-10(19)6-21-8-3-1-2-7(4-8)9-5-11(20)17-13-12(9)22-14(16)18-13/h1-4,9H,5-6H2,(H2,15,19)(H2,16,18)(H,17,20)/t9-/m0/s1. The zero-order valence-corrected chi connectivity index (χ0v) is 12.4. The average molecular weight is 318 g/mol. The van der Waals surface area contributed by atoms with Gasteiger partial charge in [-0.1, -0.05) is 23.5 Å². The number of aromatic nitrogens is 1. The molecule has 0 spiro atoms. The largest absolute Gasteiger partial charge is 0.484 e. The maximum absolute atomic E-state index is 11.8. The SMILES string of the molecule is NC(=O)COc1cccc([C@@H]2CC(=O)Nc3nc(N)sc32)c1. The number of carbonyl (C=O) groups is 2. The lowest BCUT2D eigenvalue weighted by Gasteiger charge is -2.22. The lowest BCUT2D eigenvalue weighted by atomic mass is 9.91. The summed E-state index contributed by atoms with van der Waals surface area (Å²) in [6.07, 6.45) is 0.313. The Morgan fingerprint density at radius 2 is 2.32 bits per heavy atom. The van der Waals surface area contributed by atoms with Crippen molar-refractivity contribution in [2.75, 3.05) is 17.7 Å². The van der Waals surface area contributed by atoms with E-state index < -0.39 is 5.91 Å². The number of carbonyl (C=O) groups excluding carboxylic acids is 2. The zero-order chi connectivity index (χ0) is 15.7. The fourth-order valence-electron chi connectivity index (χ4n) is 2.38. The van der Waals surface area contributed by atoms with E-state index in [1.165, 1.54) is 11.3 Å². The molecule has 0 saturated heterocycles. The number of anilines is 2. The Morgan fingerprint density at radius 3 is 3.09 bits per heavy atom. The van der Waals surface area contributed by atoms with Crippen molar-refractivity contribution in [1.82, 2.24) is 4.98 Å². The van der Waals surface area contributed by atoms with Crippen molar-refractivity contribution in [3.05, 3.63) is 34.7 Å². The number of benzene rings is 1. The summed E-state index contributed by atoms with van der Waals surface area (Å²) in [5, 5.41) is 3.14.